The Morgan fingerprint density at radius 3 is 3.06 bits per heavy atom. The minimum absolute atomic E-state index is 0.0555. The van der Waals surface area contributed by atoms with Gasteiger partial charge in [-0.2, -0.15) is 0 Å². The Kier molecular flexibility index (Phi) is 3.74. The highest BCUT2D eigenvalue weighted by atomic mass is 32.1. The van der Waals surface area contributed by atoms with Crippen molar-refractivity contribution in [3.05, 3.63) is 40.6 Å². The van der Waals surface area contributed by atoms with Crippen molar-refractivity contribution in [3.63, 3.8) is 0 Å². The summed E-state index contributed by atoms with van der Waals surface area (Å²) in [5, 5.41) is 2.12. The van der Waals surface area contributed by atoms with Crippen molar-refractivity contribution in [3.8, 4) is 0 Å². The van der Waals surface area contributed by atoms with E-state index in [4.69, 9.17) is 5.73 Å². The lowest BCUT2D eigenvalue weighted by Gasteiger charge is -2.10. The van der Waals surface area contributed by atoms with E-state index in [1.54, 1.807) is 6.20 Å². The van der Waals surface area contributed by atoms with Crippen molar-refractivity contribution in [2.24, 2.45) is 12.8 Å². The van der Waals surface area contributed by atoms with E-state index in [0.717, 1.165) is 25.1 Å². The van der Waals surface area contributed by atoms with Crippen molar-refractivity contribution < 1.29 is 0 Å². The van der Waals surface area contributed by atoms with Crippen LogP contribution in [0.25, 0.3) is 0 Å². The van der Waals surface area contributed by atoms with Crippen molar-refractivity contribution in [2.45, 2.75) is 25.3 Å². The van der Waals surface area contributed by atoms with Gasteiger partial charge >= 0.3 is 0 Å². The molecule has 2 rings (SSSR count). The first-order valence-corrected chi connectivity index (χ1v) is 6.40. The Labute approximate surface area is 99.9 Å². The van der Waals surface area contributed by atoms with Crippen molar-refractivity contribution >= 4 is 11.3 Å². The molecular formula is C12H17N3S. The number of rotatable bonds is 5. The predicted molar refractivity (Wildman–Crippen MR) is 67.4 cm³/mol. The molecule has 86 valence electrons. The number of hydrogen-bond acceptors (Lipinski definition) is 3. The molecule has 1 atom stereocenters. The summed E-state index contributed by atoms with van der Waals surface area (Å²) >= 11 is 1.81. The molecule has 16 heavy (non-hydrogen) atoms. The van der Waals surface area contributed by atoms with Gasteiger partial charge in [0.25, 0.3) is 0 Å². The van der Waals surface area contributed by atoms with Gasteiger partial charge in [0.15, 0.2) is 0 Å². The molecule has 0 aromatic carbocycles. The summed E-state index contributed by atoms with van der Waals surface area (Å²) in [6, 6.07) is 4.33. The van der Waals surface area contributed by atoms with Crippen LogP contribution in [0.3, 0.4) is 0 Å². The molecule has 0 amide bonds. The lowest BCUT2D eigenvalue weighted by Crippen LogP contribution is -2.15. The van der Waals surface area contributed by atoms with E-state index >= 15 is 0 Å². The molecule has 2 aromatic rings. The first-order chi connectivity index (χ1) is 7.77. The van der Waals surface area contributed by atoms with Crippen LogP contribution in [0.15, 0.2) is 29.9 Å². The second kappa shape index (κ2) is 5.27. The summed E-state index contributed by atoms with van der Waals surface area (Å²) < 4.78 is 2.00. The van der Waals surface area contributed by atoms with Gasteiger partial charge in [0, 0.05) is 24.3 Å². The second-order valence-electron chi connectivity index (χ2n) is 3.97. The molecule has 4 heteroatoms. The molecule has 0 aliphatic rings. The zero-order valence-electron chi connectivity index (χ0n) is 9.47. The molecule has 1 unspecified atom stereocenters. The van der Waals surface area contributed by atoms with Gasteiger partial charge in [0.05, 0.1) is 6.04 Å². The van der Waals surface area contributed by atoms with E-state index in [0.29, 0.717) is 0 Å². The highest BCUT2D eigenvalue weighted by Gasteiger charge is 2.10. The zero-order valence-corrected chi connectivity index (χ0v) is 10.3. The lowest BCUT2D eigenvalue weighted by molar-refractivity contribution is 0.564. The van der Waals surface area contributed by atoms with Gasteiger partial charge in [0.2, 0.25) is 0 Å². The van der Waals surface area contributed by atoms with Gasteiger partial charge < -0.3 is 10.3 Å². The van der Waals surface area contributed by atoms with E-state index in [1.165, 1.54) is 4.88 Å². The predicted octanol–water partition coefficient (Wildman–Crippen LogP) is 2.50. The van der Waals surface area contributed by atoms with Crippen LogP contribution in [0.1, 0.15) is 29.6 Å². The van der Waals surface area contributed by atoms with Crippen molar-refractivity contribution in [2.75, 3.05) is 0 Å². The van der Waals surface area contributed by atoms with E-state index in [9.17, 15) is 0 Å². The quantitative estimate of drug-likeness (QED) is 0.865. The van der Waals surface area contributed by atoms with Gasteiger partial charge in [-0.05, 0) is 30.7 Å². The van der Waals surface area contributed by atoms with Crippen molar-refractivity contribution in [1.82, 2.24) is 9.55 Å². The molecule has 0 bridgehead atoms. The summed E-state index contributed by atoms with van der Waals surface area (Å²) in [5.41, 5.74) is 6.10. The van der Waals surface area contributed by atoms with Crippen LogP contribution >= 0.6 is 11.3 Å². The molecule has 0 radical (unpaired) electrons. The van der Waals surface area contributed by atoms with Crippen LogP contribution in [-0.4, -0.2) is 9.55 Å². The SMILES string of the molecule is Cn1ccnc1C(N)CCCc1cccs1. The van der Waals surface area contributed by atoms with E-state index in [2.05, 4.69) is 22.5 Å². The average Bonchev–Trinajstić information content (AvgIpc) is 2.88. The fourth-order valence-corrected chi connectivity index (χ4v) is 2.57. The second-order valence-corrected chi connectivity index (χ2v) is 5.01. The minimum Gasteiger partial charge on any atom is -0.337 e. The number of aromatic nitrogens is 2. The largest absolute Gasteiger partial charge is 0.337 e. The standard InChI is InChI=1S/C12H17N3S/c1-15-8-7-14-12(15)11(13)6-2-4-10-5-3-9-16-10/h3,5,7-9,11H,2,4,6,13H2,1H3. The molecular weight excluding hydrogens is 218 g/mol. The monoisotopic (exact) mass is 235 g/mol. The Hall–Kier alpha value is -1.13. The Morgan fingerprint density at radius 1 is 1.56 bits per heavy atom. The Bertz CT molecular complexity index is 419. The van der Waals surface area contributed by atoms with E-state index < -0.39 is 0 Å². The topological polar surface area (TPSA) is 43.8 Å². The third kappa shape index (κ3) is 2.71. The molecule has 2 N–H and O–H groups in total. The third-order valence-corrected chi connectivity index (χ3v) is 3.64. The summed E-state index contributed by atoms with van der Waals surface area (Å²) in [5.74, 6) is 0.978. The fraction of sp³-hybridized carbons (Fsp3) is 0.417. The summed E-state index contributed by atoms with van der Waals surface area (Å²) in [6.45, 7) is 0. The fourth-order valence-electron chi connectivity index (χ4n) is 1.81. The number of nitrogens with two attached hydrogens (primary N) is 1. The van der Waals surface area contributed by atoms with Gasteiger partial charge in [-0.3, -0.25) is 0 Å². The molecule has 2 heterocycles. The molecule has 0 aliphatic heterocycles. The maximum atomic E-state index is 6.10. The summed E-state index contributed by atoms with van der Waals surface area (Å²) in [7, 11) is 1.99. The Morgan fingerprint density at radius 2 is 2.44 bits per heavy atom. The minimum atomic E-state index is 0.0555. The van der Waals surface area contributed by atoms with Crippen LogP contribution in [0.2, 0.25) is 0 Å². The summed E-state index contributed by atoms with van der Waals surface area (Å²) in [4.78, 5) is 5.71. The summed E-state index contributed by atoms with van der Waals surface area (Å²) in [6.07, 6.45) is 6.97. The van der Waals surface area contributed by atoms with E-state index in [-0.39, 0.29) is 6.04 Å². The smallest absolute Gasteiger partial charge is 0.125 e. The number of nitrogens with zero attached hydrogens (tertiary/aromatic N) is 2. The zero-order chi connectivity index (χ0) is 11.4. The number of thiophene rings is 1. The van der Waals surface area contributed by atoms with Crippen LogP contribution in [0.5, 0.6) is 0 Å². The van der Waals surface area contributed by atoms with Gasteiger partial charge in [-0.15, -0.1) is 11.3 Å². The van der Waals surface area contributed by atoms with Crippen LogP contribution in [0, 0.1) is 0 Å². The first-order valence-electron chi connectivity index (χ1n) is 5.52. The number of hydrogen-bond donors (Lipinski definition) is 1. The lowest BCUT2D eigenvalue weighted by atomic mass is 10.1. The molecule has 0 saturated heterocycles. The Balaban J connectivity index is 1.80. The first kappa shape index (κ1) is 11.4. The van der Waals surface area contributed by atoms with Crippen LogP contribution in [0.4, 0.5) is 0 Å². The van der Waals surface area contributed by atoms with Crippen LogP contribution < -0.4 is 5.73 Å². The maximum Gasteiger partial charge on any atom is 0.125 e. The maximum absolute atomic E-state index is 6.10. The van der Waals surface area contributed by atoms with Crippen LogP contribution in [-0.2, 0) is 13.5 Å². The number of imidazole rings is 1. The molecule has 0 saturated carbocycles. The van der Waals surface area contributed by atoms with E-state index in [1.807, 2.05) is 29.1 Å². The van der Waals surface area contributed by atoms with Gasteiger partial charge in [-0.25, -0.2) is 4.98 Å². The molecule has 3 nitrogen and oxygen atoms in total. The third-order valence-electron chi connectivity index (χ3n) is 2.71. The van der Waals surface area contributed by atoms with Gasteiger partial charge in [-0.1, -0.05) is 6.07 Å². The molecule has 0 fully saturated rings. The highest BCUT2D eigenvalue weighted by molar-refractivity contribution is 7.09. The normalized spacial score (nSPS) is 12.9. The van der Waals surface area contributed by atoms with Crippen molar-refractivity contribution in [1.29, 1.82) is 0 Å². The molecule has 0 spiro atoms. The molecule has 2 aromatic heterocycles. The number of aryl methyl sites for hydroxylation is 2. The highest BCUT2D eigenvalue weighted by Crippen LogP contribution is 2.17. The average molecular weight is 235 g/mol. The molecule has 0 aliphatic carbocycles. The van der Waals surface area contributed by atoms with Gasteiger partial charge in [0.1, 0.15) is 5.82 Å².